The van der Waals surface area contributed by atoms with Crippen LogP contribution in [-0.4, -0.2) is 80.4 Å². The fourth-order valence-corrected chi connectivity index (χ4v) is 6.73. The Labute approximate surface area is 257 Å². The molecule has 0 bridgehead atoms. The van der Waals surface area contributed by atoms with Crippen LogP contribution in [0.15, 0.2) is 42.5 Å². The van der Waals surface area contributed by atoms with Gasteiger partial charge in [0.25, 0.3) is 0 Å². The number of halogens is 2. The Morgan fingerprint density at radius 1 is 1.07 bits per heavy atom. The van der Waals surface area contributed by atoms with Gasteiger partial charge in [-0.1, -0.05) is 41.9 Å². The van der Waals surface area contributed by atoms with Crippen molar-refractivity contribution in [3.8, 4) is 22.9 Å². The number of fused-ring (bicyclic) bond motifs is 4. The molecular formula is C32H35Cl2N7O. The maximum absolute atomic E-state index is 9.39. The van der Waals surface area contributed by atoms with E-state index < -0.39 is 0 Å². The van der Waals surface area contributed by atoms with E-state index in [0.29, 0.717) is 19.1 Å². The normalized spacial score (nSPS) is 18.8. The van der Waals surface area contributed by atoms with Gasteiger partial charge in [0.2, 0.25) is 5.95 Å². The van der Waals surface area contributed by atoms with Crippen molar-refractivity contribution in [2.24, 2.45) is 0 Å². The number of rotatable bonds is 5. The highest BCUT2D eigenvalue weighted by Crippen LogP contribution is 2.46. The molecule has 2 saturated heterocycles. The highest BCUT2D eigenvalue weighted by molar-refractivity contribution is 6.36. The lowest BCUT2D eigenvalue weighted by Gasteiger charge is -2.43. The third-order valence-corrected chi connectivity index (χ3v) is 9.06. The summed E-state index contributed by atoms with van der Waals surface area (Å²) in [5.74, 6) is 2.54. The van der Waals surface area contributed by atoms with E-state index in [1.54, 1.807) is 0 Å². The van der Waals surface area contributed by atoms with Gasteiger partial charge in [0.1, 0.15) is 11.6 Å². The first-order valence-corrected chi connectivity index (χ1v) is 14.8. The summed E-state index contributed by atoms with van der Waals surface area (Å²) in [6.45, 7) is 4.78. The molecule has 0 aliphatic carbocycles. The Morgan fingerprint density at radius 2 is 1.88 bits per heavy atom. The molecule has 1 atom stereocenters. The molecule has 3 aromatic carbocycles. The number of likely N-dealkylation sites (N-methyl/N-ethyl adjacent to an activating group) is 1. The van der Waals surface area contributed by atoms with Gasteiger partial charge in [-0.3, -0.25) is 0 Å². The van der Waals surface area contributed by atoms with Crippen molar-refractivity contribution in [2.75, 3.05) is 63.2 Å². The summed E-state index contributed by atoms with van der Waals surface area (Å²) in [5.41, 5.74) is 4.30. The standard InChI is InChI=1S/C32H34ClN7O.ClH/c1-38(2)22-18-40(19-22)32-36-27-16-25(23-8-3-6-20-7-4-10-26(33)28(20)23)24-9-5-15-41-30(24)29(27)31(37-32)39-14-13-35-21(17-39)11-12-34;/h3-4,6-8,10,16,21-22,35H,5,9,11,13-15,17-19H2,1-2H3;1H/t21-;/m0./s1. The molecule has 2 fully saturated rings. The van der Waals surface area contributed by atoms with E-state index in [1.807, 2.05) is 12.1 Å². The Balaban J connectivity index is 0.00000316. The van der Waals surface area contributed by atoms with Crippen molar-refractivity contribution in [1.82, 2.24) is 20.2 Å². The molecule has 3 aliphatic rings. The Hall–Kier alpha value is -3.35. The first-order valence-electron chi connectivity index (χ1n) is 14.5. The molecule has 1 N–H and O–H groups in total. The van der Waals surface area contributed by atoms with E-state index >= 15 is 0 Å². The van der Waals surface area contributed by atoms with Crippen molar-refractivity contribution in [3.63, 3.8) is 0 Å². The quantitative estimate of drug-likeness (QED) is 0.329. The number of benzene rings is 3. The highest BCUT2D eigenvalue weighted by Gasteiger charge is 2.33. The fraction of sp³-hybridized carbons (Fsp3) is 0.406. The van der Waals surface area contributed by atoms with Gasteiger partial charge in [0, 0.05) is 60.8 Å². The van der Waals surface area contributed by atoms with Crippen LogP contribution in [0.4, 0.5) is 11.8 Å². The lowest BCUT2D eigenvalue weighted by molar-refractivity contribution is 0.245. The van der Waals surface area contributed by atoms with Crippen molar-refractivity contribution >= 4 is 57.4 Å². The molecule has 4 heterocycles. The van der Waals surface area contributed by atoms with Gasteiger partial charge in [-0.05, 0) is 55.6 Å². The summed E-state index contributed by atoms with van der Waals surface area (Å²) in [7, 11) is 4.24. The van der Waals surface area contributed by atoms with Gasteiger partial charge in [-0.15, -0.1) is 12.4 Å². The van der Waals surface area contributed by atoms with Gasteiger partial charge >= 0.3 is 0 Å². The average Bonchev–Trinajstić information content (AvgIpc) is 2.95. The number of piperazine rings is 1. The third kappa shape index (κ3) is 4.99. The fourth-order valence-electron chi connectivity index (χ4n) is 6.44. The number of nitrogens with zero attached hydrogens (tertiary/aromatic N) is 6. The second-order valence-electron chi connectivity index (χ2n) is 11.6. The molecule has 1 aromatic heterocycles. The first-order chi connectivity index (χ1) is 20.0. The van der Waals surface area contributed by atoms with Crippen molar-refractivity contribution in [2.45, 2.75) is 31.3 Å². The Kier molecular flexibility index (Phi) is 8.03. The lowest BCUT2D eigenvalue weighted by Crippen LogP contribution is -2.58. The van der Waals surface area contributed by atoms with Gasteiger partial charge in [-0.2, -0.15) is 10.2 Å². The average molecular weight is 605 g/mol. The predicted octanol–water partition coefficient (Wildman–Crippen LogP) is 5.29. The molecule has 10 heteroatoms. The monoisotopic (exact) mass is 603 g/mol. The smallest absolute Gasteiger partial charge is 0.228 e. The van der Waals surface area contributed by atoms with Crippen LogP contribution in [0.1, 0.15) is 18.4 Å². The van der Waals surface area contributed by atoms with Crippen LogP contribution in [0.5, 0.6) is 5.75 Å². The number of anilines is 2. The minimum absolute atomic E-state index is 0. The zero-order chi connectivity index (χ0) is 28.1. The van der Waals surface area contributed by atoms with Crippen molar-refractivity contribution < 1.29 is 4.74 Å². The van der Waals surface area contributed by atoms with E-state index in [2.05, 4.69) is 70.5 Å². The topological polar surface area (TPSA) is 80.5 Å². The second-order valence-corrected chi connectivity index (χ2v) is 12.0. The lowest BCUT2D eigenvalue weighted by atomic mass is 9.89. The van der Waals surface area contributed by atoms with Gasteiger partial charge < -0.3 is 24.8 Å². The van der Waals surface area contributed by atoms with Crippen LogP contribution >= 0.6 is 24.0 Å². The maximum atomic E-state index is 9.39. The predicted molar refractivity (Wildman–Crippen MR) is 172 cm³/mol. The molecule has 7 rings (SSSR count). The largest absolute Gasteiger partial charge is 0.492 e. The number of nitrogens with one attached hydrogen (secondary N) is 1. The molecule has 0 radical (unpaired) electrons. The maximum Gasteiger partial charge on any atom is 0.228 e. The zero-order valence-corrected chi connectivity index (χ0v) is 25.5. The summed E-state index contributed by atoms with van der Waals surface area (Å²) >= 11 is 6.81. The van der Waals surface area contributed by atoms with Gasteiger partial charge in [0.15, 0.2) is 0 Å². The Morgan fingerprint density at radius 3 is 2.67 bits per heavy atom. The molecule has 0 spiro atoms. The van der Waals surface area contributed by atoms with E-state index in [4.69, 9.17) is 26.3 Å². The van der Waals surface area contributed by atoms with E-state index in [1.165, 1.54) is 5.56 Å². The Bertz CT molecular complexity index is 1680. The second kappa shape index (κ2) is 11.7. The molecule has 0 amide bonds. The summed E-state index contributed by atoms with van der Waals surface area (Å²) in [6, 6.07) is 17.6. The number of aromatic nitrogens is 2. The number of ether oxygens (including phenoxy) is 1. The van der Waals surface area contributed by atoms with Crippen LogP contribution in [0.2, 0.25) is 5.02 Å². The molecular weight excluding hydrogens is 569 g/mol. The van der Waals surface area contributed by atoms with Crippen molar-refractivity contribution in [1.29, 1.82) is 5.26 Å². The van der Waals surface area contributed by atoms with Crippen LogP contribution in [0, 0.1) is 11.3 Å². The summed E-state index contributed by atoms with van der Waals surface area (Å²) in [5, 5.41) is 16.8. The molecule has 4 aromatic rings. The van der Waals surface area contributed by atoms with Crippen LogP contribution in [0.3, 0.4) is 0 Å². The van der Waals surface area contributed by atoms with Crippen LogP contribution < -0.4 is 19.9 Å². The molecule has 42 heavy (non-hydrogen) atoms. The highest BCUT2D eigenvalue weighted by atomic mass is 35.5. The molecule has 218 valence electrons. The summed E-state index contributed by atoms with van der Waals surface area (Å²) < 4.78 is 6.51. The minimum atomic E-state index is 0. The number of nitriles is 1. The molecule has 0 saturated carbocycles. The van der Waals surface area contributed by atoms with E-state index in [9.17, 15) is 5.26 Å². The number of hydrogen-bond donors (Lipinski definition) is 1. The SMILES string of the molecule is CN(C)C1CN(c2nc(N3CCN[C@@H](CC#N)C3)c3c4c(c(-c5cccc6cccc(Cl)c56)cc3n2)CCCO4)C1.Cl. The van der Waals surface area contributed by atoms with E-state index in [-0.39, 0.29) is 18.4 Å². The van der Waals surface area contributed by atoms with Crippen molar-refractivity contribution in [3.05, 3.63) is 53.1 Å². The summed E-state index contributed by atoms with van der Waals surface area (Å²) in [6.07, 6.45) is 2.33. The van der Waals surface area contributed by atoms with Gasteiger partial charge in [0.05, 0.1) is 30.0 Å². The summed E-state index contributed by atoms with van der Waals surface area (Å²) in [4.78, 5) is 17.2. The third-order valence-electron chi connectivity index (χ3n) is 8.74. The number of hydrogen-bond acceptors (Lipinski definition) is 8. The minimum Gasteiger partial charge on any atom is -0.492 e. The molecule has 8 nitrogen and oxygen atoms in total. The molecule has 0 unspecified atom stereocenters. The van der Waals surface area contributed by atoms with E-state index in [0.717, 1.165) is 101 Å². The van der Waals surface area contributed by atoms with Gasteiger partial charge in [-0.25, -0.2) is 4.98 Å². The first kappa shape index (κ1) is 28.8. The zero-order valence-electron chi connectivity index (χ0n) is 23.9. The van der Waals surface area contributed by atoms with Crippen LogP contribution in [0.25, 0.3) is 32.8 Å². The molecule has 3 aliphatic heterocycles. The van der Waals surface area contributed by atoms with Crippen LogP contribution in [-0.2, 0) is 6.42 Å².